The van der Waals surface area contributed by atoms with Crippen molar-refractivity contribution in [1.29, 1.82) is 0 Å². The second-order valence-corrected chi connectivity index (χ2v) is 5.95. The monoisotopic (exact) mass is 290 g/mol. The summed E-state index contributed by atoms with van der Waals surface area (Å²) in [5.74, 6) is 0.246. The standard InChI is InChI=1S/C15H22N4O2/c1-16-14(20)13-10-18(9-12-7-8-17-19(12)13)15(21)11-5-3-2-4-6-11/h7-8,11,13H,2-6,9-10H2,1H3,(H,16,20)/t13-/m0/s1. The third kappa shape index (κ3) is 2.66. The predicted octanol–water partition coefficient (Wildman–Crippen LogP) is 1.09. The second-order valence-electron chi connectivity index (χ2n) is 5.95. The van der Waals surface area contributed by atoms with Gasteiger partial charge in [-0.3, -0.25) is 14.3 Å². The molecular formula is C15H22N4O2. The molecule has 6 heteroatoms. The van der Waals surface area contributed by atoms with E-state index in [-0.39, 0.29) is 17.7 Å². The van der Waals surface area contributed by atoms with Crippen molar-refractivity contribution in [3.8, 4) is 0 Å². The number of carbonyl (C=O) groups is 2. The largest absolute Gasteiger partial charge is 0.357 e. The maximum atomic E-state index is 12.7. The maximum Gasteiger partial charge on any atom is 0.246 e. The number of nitrogens with zero attached hydrogens (tertiary/aromatic N) is 3. The molecule has 0 spiro atoms. The van der Waals surface area contributed by atoms with Gasteiger partial charge in [-0.15, -0.1) is 0 Å². The zero-order chi connectivity index (χ0) is 14.8. The van der Waals surface area contributed by atoms with Gasteiger partial charge in [-0.1, -0.05) is 19.3 Å². The molecule has 1 saturated carbocycles. The third-order valence-electron chi connectivity index (χ3n) is 4.61. The first-order chi connectivity index (χ1) is 10.2. The van der Waals surface area contributed by atoms with Gasteiger partial charge in [0.1, 0.15) is 6.04 Å². The molecule has 114 valence electrons. The first kappa shape index (κ1) is 14.1. The van der Waals surface area contributed by atoms with Crippen LogP contribution in [0.2, 0.25) is 0 Å². The Hall–Kier alpha value is -1.85. The van der Waals surface area contributed by atoms with Crippen LogP contribution in [0.15, 0.2) is 12.3 Å². The highest BCUT2D eigenvalue weighted by Gasteiger charge is 2.35. The van der Waals surface area contributed by atoms with Gasteiger partial charge in [-0.05, 0) is 18.9 Å². The zero-order valence-electron chi connectivity index (χ0n) is 12.4. The highest BCUT2D eigenvalue weighted by molar-refractivity contribution is 5.83. The van der Waals surface area contributed by atoms with Crippen LogP contribution < -0.4 is 5.32 Å². The number of likely N-dealkylation sites (N-methyl/N-ethyl adjacent to an activating group) is 1. The van der Waals surface area contributed by atoms with Gasteiger partial charge in [0.15, 0.2) is 0 Å². The number of fused-ring (bicyclic) bond motifs is 1. The quantitative estimate of drug-likeness (QED) is 0.886. The summed E-state index contributed by atoms with van der Waals surface area (Å²) in [4.78, 5) is 26.6. The molecule has 0 aromatic carbocycles. The van der Waals surface area contributed by atoms with E-state index in [0.717, 1.165) is 31.4 Å². The molecule has 6 nitrogen and oxygen atoms in total. The SMILES string of the molecule is CNC(=O)[C@@H]1CN(C(=O)C2CCCCC2)Cc2ccnn21. The van der Waals surface area contributed by atoms with Crippen LogP contribution in [0.3, 0.4) is 0 Å². The van der Waals surface area contributed by atoms with Gasteiger partial charge in [0.25, 0.3) is 0 Å². The normalized spacial score (nSPS) is 22.7. The van der Waals surface area contributed by atoms with E-state index in [1.54, 1.807) is 17.9 Å². The lowest BCUT2D eigenvalue weighted by Gasteiger charge is -2.35. The lowest BCUT2D eigenvalue weighted by atomic mass is 9.88. The Morgan fingerprint density at radius 1 is 1.29 bits per heavy atom. The lowest BCUT2D eigenvalue weighted by Crippen LogP contribution is -2.48. The smallest absolute Gasteiger partial charge is 0.246 e. The number of hydrogen-bond acceptors (Lipinski definition) is 3. The molecule has 1 fully saturated rings. The Bertz CT molecular complexity index is 534. The van der Waals surface area contributed by atoms with Crippen LogP contribution in [-0.4, -0.2) is 40.1 Å². The van der Waals surface area contributed by atoms with Crippen LogP contribution in [0.25, 0.3) is 0 Å². The minimum atomic E-state index is -0.415. The van der Waals surface area contributed by atoms with E-state index in [4.69, 9.17) is 0 Å². The number of hydrogen-bond donors (Lipinski definition) is 1. The molecule has 1 atom stereocenters. The van der Waals surface area contributed by atoms with Crippen LogP contribution in [0.4, 0.5) is 0 Å². The van der Waals surface area contributed by atoms with Crippen LogP contribution in [-0.2, 0) is 16.1 Å². The van der Waals surface area contributed by atoms with Crippen molar-refractivity contribution >= 4 is 11.8 Å². The molecule has 2 amide bonds. The van der Waals surface area contributed by atoms with Gasteiger partial charge in [0.2, 0.25) is 11.8 Å². The molecule has 1 N–H and O–H groups in total. The van der Waals surface area contributed by atoms with E-state index >= 15 is 0 Å². The molecule has 0 bridgehead atoms. The minimum Gasteiger partial charge on any atom is -0.357 e. The summed E-state index contributed by atoms with van der Waals surface area (Å²) in [6.45, 7) is 0.979. The molecule has 1 aromatic rings. The summed E-state index contributed by atoms with van der Waals surface area (Å²) >= 11 is 0. The molecule has 21 heavy (non-hydrogen) atoms. The van der Waals surface area contributed by atoms with E-state index in [1.165, 1.54) is 6.42 Å². The summed E-state index contributed by atoms with van der Waals surface area (Å²) in [5.41, 5.74) is 0.930. The van der Waals surface area contributed by atoms with Gasteiger partial charge in [-0.25, -0.2) is 0 Å². The third-order valence-corrected chi connectivity index (χ3v) is 4.61. The van der Waals surface area contributed by atoms with Crippen molar-refractivity contribution in [2.75, 3.05) is 13.6 Å². The van der Waals surface area contributed by atoms with E-state index in [0.29, 0.717) is 13.1 Å². The Labute approximate surface area is 124 Å². The van der Waals surface area contributed by atoms with Crippen molar-refractivity contribution in [2.24, 2.45) is 5.92 Å². The number of nitrogens with one attached hydrogen (secondary N) is 1. The molecule has 0 saturated heterocycles. The molecule has 0 radical (unpaired) electrons. The van der Waals surface area contributed by atoms with Gasteiger partial charge >= 0.3 is 0 Å². The van der Waals surface area contributed by atoms with Gasteiger partial charge in [0.05, 0.1) is 18.8 Å². The molecule has 1 aliphatic carbocycles. The summed E-state index contributed by atoms with van der Waals surface area (Å²) in [6, 6.07) is 1.47. The highest BCUT2D eigenvalue weighted by atomic mass is 16.2. The Morgan fingerprint density at radius 2 is 2.05 bits per heavy atom. The van der Waals surface area contributed by atoms with Gasteiger partial charge in [-0.2, -0.15) is 5.10 Å². The predicted molar refractivity (Wildman–Crippen MR) is 77.3 cm³/mol. The summed E-state index contributed by atoms with van der Waals surface area (Å²) in [7, 11) is 1.62. The molecule has 2 heterocycles. The average Bonchev–Trinajstić information content (AvgIpc) is 3.01. The Balaban J connectivity index is 1.79. The highest BCUT2D eigenvalue weighted by Crippen LogP contribution is 2.28. The van der Waals surface area contributed by atoms with E-state index in [1.807, 2.05) is 11.0 Å². The van der Waals surface area contributed by atoms with Crippen LogP contribution in [0, 0.1) is 5.92 Å². The zero-order valence-corrected chi connectivity index (χ0v) is 12.4. The molecule has 2 aliphatic rings. The lowest BCUT2D eigenvalue weighted by molar-refractivity contribution is -0.140. The number of amides is 2. The van der Waals surface area contributed by atoms with Crippen molar-refractivity contribution in [1.82, 2.24) is 20.0 Å². The minimum absolute atomic E-state index is 0.0962. The van der Waals surface area contributed by atoms with E-state index < -0.39 is 6.04 Å². The Morgan fingerprint density at radius 3 is 2.76 bits per heavy atom. The van der Waals surface area contributed by atoms with E-state index in [9.17, 15) is 9.59 Å². The summed E-state index contributed by atoms with van der Waals surface area (Å²) in [5, 5.41) is 6.90. The Kier molecular flexibility index (Phi) is 3.94. The van der Waals surface area contributed by atoms with Gasteiger partial charge in [0, 0.05) is 19.2 Å². The molecule has 0 unspecified atom stereocenters. The van der Waals surface area contributed by atoms with E-state index in [2.05, 4.69) is 10.4 Å². The van der Waals surface area contributed by atoms with Crippen LogP contribution >= 0.6 is 0 Å². The van der Waals surface area contributed by atoms with Crippen molar-refractivity contribution < 1.29 is 9.59 Å². The summed E-state index contributed by atoms with van der Waals surface area (Å²) < 4.78 is 1.74. The fourth-order valence-corrected chi connectivity index (χ4v) is 3.43. The molecule has 1 aliphatic heterocycles. The molecular weight excluding hydrogens is 268 g/mol. The van der Waals surface area contributed by atoms with Crippen molar-refractivity contribution in [3.05, 3.63) is 18.0 Å². The number of rotatable bonds is 2. The van der Waals surface area contributed by atoms with Crippen LogP contribution in [0.5, 0.6) is 0 Å². The first-order valence-corrected chi connectivity index (χ1v) is 7.73. The first-order valence-electron chi connectivity index (χ1n) is 7.73. The number of aromatic nitrogens is 2. The van der Waals surface area contributed by atoms with Crippen molar-refractivity contribution in [3.63, 3.8) is 0 Å². The van der Waals surface area contributed by atoms with Crippen LogP contribution in [0.1, 0.15) is 43.8 Å². The maximum absolute atomic E-state index is 12.7. The van der Waals surface area contributed by atoms with Crippen molar-refractivity contribution in [2.45, 2.75) is 44.7 Å². The fourth-order valence-electron chi connectivity index (χ4n) is 3.43. The van der Waals surface area contributed by atoms with Gasteiger partial charge < -0.3 is 10.2 Å². The molecule has 1 aromatic heterocycles. The fraction of sp³-hybridized carbons (Fsp3) is 0.667. The topological polar surface area (TPSA) is 67.2 Å². The second kappa shape index (κ2) is 5.87. The molecule has 3 rings (SSSR count). The number of carbonyl (C=O) groups excluding carboxylic acids is 2. The summed E-state index contributed by atoms with van der Waals surface area (Å²) in [6.07, 6.45) is 7.18. The average molecular weight is 290 g/mol.